The molecular weight excluding hydrogens is 354 g/mol. The van der Waals surface area contributed by atoms with Gasteiger partial charge in [0.25, 0.3) is 5.91 Å². The lowest BCUT2D eigenvalue weighted by Crippen LogP contribution is -2.45. The second-order valence-corrected chi connectivity index (χ2v) is 7.11. The fourth-order valence-corrected chi connectivity index (χ4v) is 3.87. The number of hydrogen-bond donors (Lipinski definition) is 0. The number of hydrogen-bond acceptors (Lipinski definition) is 4. The zero-order valence-corrected chi connectivity index (χ0v) is 15.1. The van der Waals surface area contributed by atoms with Crippen LogP contribution < -0.4 is 9.47 Å². The van der Waals surface area contributed by atoms with E-state index in [-0.39, 0.29) is 18.1 Å². The van der Waals surface area contributed by atoms with Gasteiger partial charge < -0.3 is 14.4 Å². The Hall–Kier alpha value is -2.53. The predicted molar refractivity (Wildman–Crippen MR) is 97.3 cm³/mol. The number of methoxy groups -OCH3 is 1. The lowest BCUT2D eigenvalue weighted by molar-refractivity contribution is 0.0427. The number of Topliss-reactive ketones (excluding diaryl/α,β-unsaturated/α-hetero) is 1. The fraction of sp³-hybridized carbons (Fsp3) is 0.300. The van der Waals surface area contributed by atoms with Crippen LogP contribution in [0.3, 0.4) is 0 Å². The van der Waals surface area contributed by atoms with Crippen LogP contribution >= 0.6 is 11.6 Å². The summed E-state index contributed by atoms with van der Waals surface area (Å²) in [5, 5.41) is 0.427. The Morgan fingerprint density at radius 2 is 2.08 bits per heavy atom. The Morgan fingerprint density at radius 3 is 2.85 bits per heavy atom. The van der Waals surface area contributed by atoms with Gasteiger partial charge in [-0.25, -0.2) is 0 Å². The van der Waals surface area contributed by atoms with Crippen molar-refractivity contribution in [3.05, 3.63) is 58.6 Å². The predicted octanol–water partition coefficient (Wildman–Crippen LogP) is 3.60. The van der Waals surface area contributed by atoms with E-state index in [2.05, 4.69) is 0 Å². The molecule has 0 saturated carbocycles. The topological polar surface area (TPSA) is 55.8 Å². The summed E-state index contributed by atoms with van der Waals surface area (Å²) in [5.41, 5.74) is 0.333. The summed E-state index contributed by atoms with van der Waals surface area (Å²) < 4.78 is 11.4. The third-order valence-electron chi connectivity index (χ3n) is 5.00. The second-order valence-electron chi connectivity index (χ2n) is 6.70. The van der Waals surface area contributed by atoms with Crippen LogP contribution in [0.4, 0.5) is 0 Å². The van der Waals surface area contributed by atoms with Crippen LogP contribution in [0.25, 0.3) is 0 Å². The van der Waals surface area contributed by atoms with Gasteiger partial charge in [0.1, 0.15) is 17.1 Å². The summed E-state index contributed by atoms with van der Waals surface area (Å²) in [7, 11) is 1.56. The van der Waals surface area contributed by atoms with Crippen LogP contribution in [0.2, 0.25) is 5.02 Å². The maximum atomic E-state index is 12.8. The molecule has 134 valence electrons. The molecule has 0 radical (unpaired) electrons. The molecule has 1 unspecified atom stereocenters. The van der Waals surface area contributed by atoms with E-state index in [1.165, 1.54) is 0 Å². The first kappa shape index (κ1) is 16.9. The van der Waals surface area contributed by atoms with E-state index in [4.69, 9.17) is 21.1 Å². The molecule has 26 heavy (non-hydrogen) atoms. The van der Waals surface area contributed by atoms with Crippen LogP contribution in [0.5, 0.6) is 11.5 Å². The van der Waals surface area contributed by atoms with Crippen LogP contribution in [-0.2, 0) is 0 Å². The molecule has 2 heterocycles. The first-order valence-electron chi connectivity index (χ1n) is 8.45. The monoisotopic (exact) mass is 371 g/mol. The Kier molecular flexibility index (Phi) is 4.11. The first-order chi connectivity index (χ1) is 12.5. The lowest BCUT2D eigenvalue weighted by Gasteiger charge is -2.34. The minimum atomic E-state index is -0.671. The Bertz CT molecular complexity index is 897. The van der Waals surface area contributed by atoms with Crippen molar-refractivity contribution in [2.45, 2.75) is 18.4 Å². The molecule has 5 nitrogen and oxygen atoms in total. The Balaban J connectivity index is 1.57. The zero-order chi connectivity index (χ0) is 18.3. The van der Waals surface area contributed by atoms with Gasteiger partial charge in [-0.15, -0.1) is 0 Å². The molecule has 1 amide bonds. The molecule has 2 aliphatic rings. The molecule has 6 heteroatoms. The Labute approximate surface area is 156 Å². The number of rotatable bonds is 2. The van der Waals surface area contributed by atoms with Crippen LogP contribution in [0, 0.1) is 0 Å². The van der Waals surface area contributed by atoms with Crippen molar-refractivity contribution in [1.29, 1.82) is 0 Å². The minimum absolute atomic E-state index is 0.0113. The van der Waals surface area contributed by atoms with Crippen LogP contribution in [-0.4, -0.2) is 42.4 Å². The van der Waals surface area contributed by atoms with Gasteiger partial charge >= 0.3 is 0 Å². The summed E-state index contributed by atoms with van der Waals surface area (Å²) in [6, 6.07) is 12.2. The third-order valence-corrected chi connectivity index (χ3v) is 5.33. The maximum Gasteiger partial charge on any atom is 0.255 e. The van der Waals surface area contributed by atoms with Gasteiger partial charge in [-0.1, -0.05) is 23.7 Å². The number of ether oxygens (including phenoxy) is 2. The van der Waals surface area contributed by atoms with Gasteiger partial charge in [-0.2, -0.15) is 0 Å². The van der Waals surface area contributed by atoms with Gasteiger partial charge in [0, 0.05) is 13.0 Å². The highest BCUT2D eigenvalue weighted by molar-refractivity contribution is 6.33. The highest BCUT2D eigenvalue weighted by Crippen LogP contribution is 2.40. The molecule has 2 aromatic rings. The first-order valence-corrected chi connectivity index (χ1v) is 8.83. The molecule has 1 spiro atoms. The summed E-state index contributed by atoms with van der Waals surface area (Å²) in [6.45, 7) is 0.900. The van der Waals surface area contributed by atoms with Gasteiger partial charge in [-0.3, -0.25) is 9.59 Å². The Morgan fingerprint density at radius 1 is 1.27 bits per heavy atom. The van der Waals surface area contributed by atoms with Crippen molar-refractivity contribution in [1.82, 2.24) is 4.90 Å². The van der Waals surface area contributed by atoms with E-state index in [0.717, 1.165) is 0 Å². The molecule has 0 aliphatic carbocycles. The van der Waals surface area contributed by atoms with Crippen molar-refractivity contribution >= 4 is 23.3 Å². The summed E-state index contributed by atoms with van der Waals surface area (Å²) in [5.74, 6) is 1.05. The average Bonchev–Trinajstić information content (AvgIpc) is 3.04. The molecule has 2 aromatic carbocycles. The number of ketones is 1. The van der Waals surface area contributed by atoms with Gasteiger partial charge in [0.15, 0.2) is 5.78 Å². The van der Waals surface area contributed by atoms with Gasteiger partial charge in [0.2, 0.25) is 0 Å². The van der Waals surface area contributed by atoms with Crippen LogP contribution in [0.1, 0.15) is 33.6 Å². The minimum Gasteiger partial charge on any atom is -0.497 e. The summed E-state index contributed by atoms with van der Waals surface area (Å²) in [6.07, 6.45) is 0.861. The standard InChI is InChI=1S/C20H18ClNO4/c1-25-13-6-7-18-15(10-13)17(23)11-20(26-18)8-9-22(12-20)19(24)14-4-2-3-5-16(14)21/h2-7,10H,8-9,11-12H2,1H3. The quantitative estimate of drug-likeness (QED) is 0.809. The molecule has 1 saturated heterocycles. The van der Waals surface area contributed by atoms with E-state index >= 15 is 0 Å². The average molecular weight is 372 g/mol. The normalized spacial score (nSPS) is 21.5. The molecule has 1 fully saturated rings. The molecule has 4 rings (SSSR count). The largest absolute Gasteiger partial charge is 0.497 e. The number of carbonyl (C=O) groups excluding carboxylic acids is 2. The van der Waals surface area contributed by atoms with E-state index in [0.29, 0.717) is 47.2 Å². The maximum absolute atomic E-state index is 12.8. The smallest absolute Gasteiger partial charge is 0.255 e. The lowest BCUT2D eigenvalue weighted by atomic mass is 9.89. The molecule has 0 aromatic heterocycles. The van der Waals surface area contributed by atoms with Crippen molar-refractivity contribution in [3.8, 4) is 11.5 Å². The number of halogens is 1. The fourth-order valence-electron chi connectivity index (χ4n) is 3.65. The highest BCUT2D eigenvalue weighted by Gasteiger charge is 2.47. The summed E-state index contributed by atoms with van der Waals surface area (Å²) >= 11 is 6.15. The number of nitrogens with zero attached hydrogens (tertiary/aromatic N) is 1. The van der Waals surface area contributed by atoms with E-state index in [9.17, 15) is 9.59 Å². The molecule has 1 atom stereocenters. The molecular formula is C20H18ClNO4. The van der Waals surface area contributed by atoms with Crippen molar-refractivity contribution in [3.63, 3.8) is 0 Å². The molecule has 0 bridgehead atoms. The summed E-state index contributed by atoms with van der Waals surface area (Å²) in [4.78, 5) is 27.2. The number of fused-ring (bicyclic) bond motifs is 1. The van der Waals surface area contributed by atoms with E-state index in [1.54, 1.807) is 54.5 Å². The molecule has 0 N–H and O–H groups in total. The van der Waals surface area contributed by atoms with Gasteiger partial charge in [-0.05, 0) is 30.3 Å². The zero-order valence-electron chi connectivity index (χ0n) is 14.3. The number of benzene rings is 2. The number of amides is 1. The number of carbonyl (C=O) groups is 2. The SMILES string of the molecule is COc1ccc2c(c1)C(=O)CC1(CCN(C(=O)c3ccccc3Cl)C1)O2. The third kappa shape index (κ3) is 2.82. The van der Waals surface area contributed by atoms with E-state index in [1.807, 2.05) is 0 Å². The van der Waals surface area contributed by atoms with Crippen molar-refractivity contribution in [2.75, 3.05) is 20.2 Å². The highest BCUT2D eigenvalue weighted by atomic mass is 35.5. The van der Waals surface area contributed by atoms with E-state index < -0.39 is 5.60 Å². The number of likely N-dealkylation sites (tertiary alicyclic amines) is 1. The van der Waals surface area contributed by atoms with Crippen LogP contribution in [0.15, 0.2) is 42.5 Å². The second kappa shape index (κ2) is 6.32. The van der Waals surface area contributed by atoms with Gasteiger partial charge in [0.05, 0.1) is 36.2 Å². The van der Waals surface area contributed by atoms with Crippen molar-refractivity contribution in [2.24, 2.45) is 0 Å². The van der Waals surface area contributed by atoms with Crippen molar-refractivity contribution < 1.29 is 19.1 Å². The molecule has 2 aliphatic heterocycles.